The van der Waals surface area contributed by atoms with E-state index in [2.05, 4.69) is 4.90 Å². The summed E-state index contributed by atoms with van der Waals surface area (Å²) in [5, 5.41) is 0. The molecule has 1 aromatic carbocycles. The van der Waals surface area contributed by atoms with Crippen molar-refractivity contribution in [3.05, 3.63) is 28.8 Å². The number of benzene rings is 1. The molecule has 0 N–H and O–H groups in total. The van der Waals surface area contributed by atoms with E-state index in [4.69, 9.17) is 0 Å². The van der Waals surface area contributed by atoms with Crippen molar-refractivity contribution in [1.82, 2.24) is 13.5 Å². The van der Waals surface area contributed by atoms with Gasteiger partial charge in [0.1, 0.15) is 0 Å². The molecule has 1 aromatic rings. The molecule has 0 spiro atoms. The largest absolute Gasteiger partial charge is 0.303 e. The number of hydrogen-bond acceptors (Lipinski definition) is 5. The van der Waals surface area contributed by atoms with Crippen LogP contribution >= 0.6 is 0 Å². The average Bonchev–Trinajstić information content (AvgIpc) is 3.36. The molecule has 1 atom stereocenters. The molecule has 3 aliphatic rings. The van der Waals surface area contributed by atoms with Gasteiger partial charge < -0.3 is 4.90 Å². The number of piperidine rings is 2. The van der Waals surface area contributed by atoms with Gasteiger partial charge in [0.15, 0.2) is 0 Å². The highest BCUT2D eigenvalue weighted by molar-refractivity contribution is 7.89. The number of hydrogen-bond donors (Lipinski definition) is 0. The quantitative estimate of drug-likeness (QED) is 0.431. The fraction of sp³-hybridized carbons (Fsp3) is 0.786. The molecule has 210 valence electrons. The second-order valence-corrected chi connectivity index (χ2v) is 15.7. The van der Waals surface area contributed by atoms with Crippen LogP contribution in [0.5, 0.6) is 0 Å². The Morgan fingerprint density at radius 2 is 1.41 bits per heavy atom. The van der Waals surface area contributed by atoms with Crippen molar-refractivity contribution in [2.24, 2.45) is 11.8 Å². The fourth-order valence-corrected chi connectivity index (χ4v) is 10.2. The zero-order valence-corrected chi connectivity index (χ0v) is 24.8. The lowest BCUT2D eigenvalue weighted by Crippen LogP contribution is -2.41. The van der Waals surface area contributed by atoms with Crippen LogP contribution in [-0.2, 0) is 20.0 Å². The first kappa shape index (κ1) is 29.0. The van der Waals surface area contributed by atoms with Crippen LogP contribution in [0.25, 0.3) is 0 Å². The first-order chi connectivity index (χ1) is 17.6. The molecule has 1 unspecified atom stereocenters. The Bertz CT molecular complexity index is 1100. The lowest BCUT2D eigenvalue weighted by atomic mass is 9.94. The summed E-state index contributed by atoms with van der Waals surface area (Å²) in [5.41, 5.74) is 2.66. The third kappa shape index (κ3) is 7.35. The molecule has 0 saturated carbocycles. The van der Waals surface area contributed by atoms with E-state index in [9.17, 15) is 16.8 Å². The van der Waals surface area contributed by atoms with E-state index >= 15 is 0 Å². The molecule has 3 aliphatic heterocycles. The summed E-state index contributed by atoms with van der Waals surface area (Å²) in [5.74, 6) is 1.02. The Balaban J connectivity index is 1.24. The number of nitrogens with zero attached hydrogens (tertiary/aromatic N) is 3. The second-order valence-electron chi connectivity index (χ2n) is 11.7. The molecule has 0 amide bonds. The number of sulfonamides is 2. The topological polar surface area (TPSA) is 78.0 Å². The molecule has 0 radical (unpaired) electrons. The standard InChI is InChI=1S/C28H47N3O4S2/c1-23-20-24(2)28(25(3)21-23)37(34,35)31-15-6-8-27(22-31)9-7-19-36(32,33)30-17-11-26(12-18-30)10-16-29-13-4-5-14-29/h20-21,26-27H,4-19,22H2,1-3H3. The molecule has 9 heteroatoms. The van der Waals surface area contributed by atoms with E-state index in [0.29, 0.717) is 43.4 Å². The predicted molar refractivity (Wildman–Crippen MR) is 150 cm³/mol. The van der Waals surface area contributed by atoms with Crippen LogP contribution in [0.1, 0.15) is 74.5 Å². The Hall–Kier alpha value is -1.00. The zero-order valence-electron chi connectivity index (χ0n) is 23.1. The van der Waals surface area contributed by atoms with Gasteiger partial charge in [-0.2, -0.15) is 4.31 Å². The normalized spacial score (nSPS) is 23.6. The number of aryl methyl sites for hydroxylation is 3. The van der Waals surface area contributed by atoms with Gasteiger partial charge in [0.25, 0.3) is 0 Å². The van der Waals surface area contributed by atoms with E-state index in [1.165, 1.54) is 32.4 Å². The molecule has 0 bridgehead atoms. The number of rotatable bonds is 10. The van der Waals surface area contributed by atoms with Gasteiger partial charge in [-0.1, -0.05) is 17.7 Å². The maximum Gasteiger partial charge on any atom is 0.243 e. The van der Waals surface area contributed by atoms with E-state index < -0.39 is 20.0 Å². The van der Waals surface area contributed by atoms with Crippen molar-refractivity contribution < 1.29 is 16.8 Å². The maximum atomic E-state index is 13.5. The summed E-state index contributed by atoms with van der Waals surface area (Å²) in [6, 6.07) is 3.87. The van der Waals surface area contributed by atoms with E-state index in [-0.39, 0.29) is 11.7 Å². The van der Waals surface area contributed by atoms with Gasteiger partial charge in [0, 0.05) is 26.2 Å². The van der Waals surface area contributed by atoms with Crippen LogP contribution in [0.15, 0.2) is 17.0 Å². The predicted octanol–water partition coefficient (Wildman–Crippen LogP) is 4.32. The molecule has 4 rings (SSSR count). The third-order valence-corrected chi connectivity index (χ3v) is 12.8. The molecule has 7 nitrogen and oxygen atoms in total. The van der Waals surface area contributed by atoms with Gasteiger partial charge in [0.05, 0.1) is 10.6 Å². The van der Waals surface area contributed by atoms with Gasteiger partial charge in [0.2, 0.25) is 20.0 Å². The Labute approximate surface area is 225 Å². The summed E-state index contributed by atoms with van der Waals surface area (Å²) in [6.07, 6.45) is 8.90. The highest BCUT2D eigenvalue weighted by Crippen LogP contribution is 2.31. The van der Waals surface area contributed by atoms with Crippen molar-refractivity contribution >= 4 is 20.0 Å². The zero-order chi connectivity index (χ0) is 26.6. The van der Waals surface area contributed by atoms with Crippen molar-refractivity contribution in [3.8, 4) is 0 Å². The highest BCUT2D eigenvalue weighted by atomic mass is 32.2. The first-order valence-electron chi connectivity index (χ1n) is 14.3. The van der Waals surface area contributed by atoms with Crippen LogP contribution < -0.4 is 0 Å². The molecule has 0 aliphatic carbocycles. The second kappa shape index (κ2) is 12.5. The Kier molecular flexibility index (Phi) is 9.76. The Morgan fingerprint density at radius 1 is 0.757 bits per heavy atom. The maximum absolute atomic E-state index is 13.5. The molecule has 3 fully saturated rings. The molecule has 37 heavy (non-hydrogen) atoms. The van der Waals surface area contributed by atoms with E-state index in [1.54, 1.807) is 8.61 Å². The molecule has 3 heterocycles. The van der Waals surface area contributed by atoms with Crippen LogP contribution in [0.2, 0.25) is 0 Å². The Morgan fingerprint density at radius 3 is 2.05 bits per heavy atom. The van der Waals surface area contributed by atoms with E-state index in [1.807, 2.05) is 32.9 Å². The average molecular weight is 554 g/mol. The smallest absolute Gasteiger partial charge is 0.243 e. The lowest BCUT2D eigenvalue weighted by molar-refractivity contribution is 0.231. The molecular weight excluding hydrogens is 506 g/mol. The lowest BCUT2D eigenvalue weighted by Gasteiger charge is -2.33. The van der Waals surface area contributed by atoms with Gasteiger partial charge >= 0.3 is 0 Å². The molecular formula is C28H47N3O4S2. The van der Waals surface area contributed by atoms with Crippen LogP contribution in [0.4, 0.5) is 0 Å². The van der Waals surface area contributed by atoms with Crippen molar-refractivity contribution in [1.29, 1.82) is 0 Å². The van der Waals surface area contributed by atoms with Crippen LogP contribution in [-0.4, -0.2) is 81.9 Å². The minimum atomic E-state index is -3.56. The summed E-state index contributed by atoms with van der Waals surface area (Å²) in [4.78, 5) is 2.98. The minimum Gasteiger partial charge on any atom is -0.303 e. The number of likely N-dealkylation sites (tertiary alicyclic amines) is 1. The summed E-state index contributed by atoms with van der Waals surface area (Å²) in [7, 11) is -6.80. The third-order valence-electron chi connectivity index (χ3n) is 8.72. The molecule has 3 saturated heterocycles. The molecule has 0 aromatic heterocycles. The first-order valence-corrected chi connectivity index (χ1v) is 17.4. The van der Waals surface area contributed by atoms with Gasteiger partial charge in [-0.15, -0.1) is 0 Å². The van der Waals surface area contributed by atoms with Crippen molar-refractivity contribution in [3.63, 3.8) is 0 Å². The van der Waals surface area contributed by atoms with Gasteiger partial charge in [-0.3, -0.25) is 0 Å². The minimum absolute atomic E-state index is 0.172. The van der Waals surface area contributed by atoms with E-state index in [0.717, 1.165) is 55.3 Å². The van der Waals surface area contributed by atoms with Gasteiger partial charge in [-0.25, -0.2) is 21.1 Å². The summed E-state index contributed by atoms with van der Waals surface area (Å²) < 4.78 is 56.4. The van der Waals surface area contributed by atoms with Crippen LogP contribution in [0.3, 0.4) is 0 Å². The van der Waals surface area contributed by atoms with Crippen molar-refractivity contribution in [2.45, 2.75) is 83.5 Å². The van der Waals surface area contributed by atoms with Crippen molar-refractivity contribution in [2.75, 3.05) is 51.6 Å². The monoisotopic (exact) mass is 553 g/mol. The summed E-state index contributed by atoms with van der Waals surface area (Å²) >= 11 is 0. The van der Waals surface area contributed by atoms with Gasteiger partial charge in [-0.05, 0) is 121 Å². The summed E-state index contributed by atoms with van der Waals surface area (Å²) in [6.45, 7) is 11.7. The fourth-order valence-electron chi connectivity index (χ4n) is 6.71. The van der Waals surface area contributed by atoms with Crippen LogP contribution in [0, 0.1) is 32.6 Å². The SMILES string of the molecule is Cc1cc(C)c(S(=O)(=O)N2CCCC(CCCS(=O)(=O)N3CCC(CCN4CCCC4)CC3)C2)c(C)c1. The highest BCUT2D eigenvalue weighted by Gasteiger charge is 2.33.